The number of rotatable bonds is 4. The predicted octanol–water partition coefficient (Wildman–Crippen LogP) is 3.57. The number of nitrogens with zero attached hydrogens (tertiary/aromatic N) is 4. The van der Waals surface area contributed by atoms with Gasteiger partial charge in [0, 0.05) is 38.4 Å². The van der Waals surface area contributed by atoms with Gasteiger partial charge in [0.1, 0.15) is 5.82 Å². The van der Waals surface area contributed by atoms with Crippen LogP contribution in [0.3, 0.4) is 0 Å². The summed E-state index contributed by atoms with van der Waals surface area (Å²) >= 11 is 1.49. The zero-order valence-electron chi connectivity index (χ0n) is 15.1. The molecule has 28 heavy (non-hydrogen) atoms. The Labute approximate surface area is 164 Å². The van der Waals surface area contributed by atoms with Crippen molar-refractivity contribution >= 4 is 38.1 Å². The lowest BCUT2D eigenvalue weighted by Gasteiger charge is -2.29. The number of thiazole rings is 1. The van der Waals surface area contributed by atoms with E-state index < -0.39 is 0 Å². The number of aryl methyl sites for hydroxylation is 2. The van der Waals surface area contributed by atoms with Crippen LogP contribution in [-0.4, -0.2) is 45.9 Å². The van der Waals surface area contributed by atoms with Gasteiger partial charge in [-0.15, -0.1) is 11.3 Å². The van der Waals surface area contributed by atoms with Gasteiger partial charge < -0.3 is 19.3 Å². The first-order valence-electron chi connectivity index (χ1n) is 9.23. The summed E-state index contributed by atoms with van der Waals surface area (Å²) in [5.41, 5.74) is 2.56. The molecule has 0 saturated carbocycles. The van der Waals surface area contributed by atoms with Gasteiger partial charge >= 0.3 is 0 Å². The molecule has 1 aromatic carbocycles. The van der Waals surface area contributed by atoms with Crippen molar-refractivity contribution in [1.29, 1.82) is 0 Å². The van der Waals surface area contributed by atoms with Crippen LogP contribution in [0, 0.1) is 5.82 Å². The molecule has 1 saturated heterocycles. The van der Waals surface area contributed by atoms with Gasteiger partial charge in [-0.2, -0.15) is 0 Å². The first kappa shape index (κ1) is 17.4. The van der Waals surface area contributed by atoms with Crippen molar-refractivity contribution in [3.63, 3.8) is 0 Å². The number of hydrogen-bond acceptors (Lipinski definition) is 6. The highest BCUT2D eigenvalue weighted by molar-refractivity contribution is 7.18. The molecule has 1 fully saturated rings. The van der Waals surface area contributed by atoms with Gasteiger partial charge in [-0.1, -0.05) is 0 Å². The third-order valence-corrected chi connectivity index (χ3v) is 6.12. The van der Waals surface area contributed by atoms with Crippen LogP contribution >= 0.6 is 11.3 Å². The van der Waals surface area contributed by atoms with Crippen LogP contribution in [0.4, 0.5) is 10.1 Å². The van der Waals surface area contributed by atoms with Crippen molar-refractivity contribution in [3.8, 4) is 5.88 Å². The van der Waals surface area contributed by atoms with Gasteiger partial charge in [0.2, 0.25) is 5.88 Å². The highest BCUT2D eigenvalue weighted by atomic mass is 32.1. The van der Waals surface area contributed by atoms with Crippen LogP contribution in [0.2, 0.25) is 0 Å². The van der Waals surface area contributed by atoms with Crippen molar-refractivity contribution in [1.82, 2.24) is 14.5 Å². The molecule has 6 nitrogen and oxygen atoms in total. The van der Waals surface area contributed by atoms with Gasteiger partial charge in [-0.3, -0.25) is 4.98 Å². The quantitative estimate of drug-likeness (QED) is 0.569. The van der Waals surface area contributed by atoms with Gasteiger partial charge in [-0.25, -0.2) is 9.37 Å². The molecule has 3 aromatic heterocycles. The topological polar surface area (TPSA) is 63.4 Å². The maximum absolute atomic E-state index is 13.4. The molecule has 4 heterocycles. The highest BCUT2D eigenvalue weighted by Crippen LogP contribution is 2.35. The first-order valence-corrected chi connectivity index (χ1v) is 10.1. The number of pyridine rings is 1. The molecule has 0 atom stereocenters. The van der Waals surface area contributed by atoms with E-state index in [1.165, 1.54) is 23.5 Å². The van der Waals surface area contributed by atoms with E-state index in [0.29, 0.717) is 26.2 Å². The lowest BCUT2D eigenvalue weighted by molar-refractivity contribution is 0.123. The third-order valence-electron chi connectivity index (χ3n) is 5.05. The second kappa shape index (κ2) is 7.03. The number of fused-ring (bicyclic) bond motifs is 2. The number of ether oxygens (including phenoxy) is 1. The minimum absolute atomic E-state index is 0.219. The second-order valence-electron chi connectivity index (χ2n) is 6.81. The van der Waals surface area contributed by atoms with E-state index in [2.05, 4.69) is 14.9 Å². The van der Waals surface area contributed by atoms with E-state index in [4.69, 9.17) is 4.74 Å². The summed E-state index contributed by atoms with van der Waals surface area (Å²) in [4.78, 5) is 11.2. The summed E-state index contributed by atoms with van der Waals surface area (Å²) in [5, 5.41) is 12.5. The summed E-state index contributed by atoms with van der Waals surface area (Å²) in [7, 11) is 0. The highest BCUT2D eigenvalue weighted by Gasteiger charge is 2.19. The lowest BCUT2D eigenvalue weighted by Crippen LogP contribution is -2.36. The number of aromatic nitrogens is 3. The summed E-state index contributed by atoms with van der Waals surface area (Å²) in [6.07, 6.45) is 4.31. The zero-order valence-corrected chi connectivity index (χ0v) is 16.0. The van der Waals surface area contributed by atoms with Crippen LogP contribution in [0.5, 0.6) is 5.88 Å². The van der Waals surface area contributed by atoms with Crippen molar-refractivity contribution in [2.24, 2.45) is 0 Å². The molecule has 5 rings (SSSR count). The third kappa shape index (κ3) is 3.08. The Bertz CT molecular complexity index is 1150. The summed E-state index contributed by atoms with van der Waals surface area (Å²) < 4.78 is 21.5. The Balaban J connectivity index is 1.43. The van der Waals surface area contributed by atoms with Gasteiger partial charge in [0.05, 0.1) is 45.0 Å². The zero-order chi connectivity index (χ0) is 19.1. The maximum Gasteiger partial charge on any atom is 0.202 e. The van der Waals surface area contributed by atoms with Crippen molar-refractivity contribution < 1.29 is 14.2 Å². The molecule has 0 radical (unpaired) electrons. The van der Waals surface area contributed by atoms with Gasteiger partial charge in [-0.05, 0) is 24.3 Å². The van der Waals surface area contributed by atoms with Crippen LogP contribution in [0.1, 0.15) is 5.01 Å². The van der Waals surface area contributed by atoms with E-state index in [-0.39, 0.29) is 11.7 Å². The average Bonchev–Trinajstić information content (AvgIpc) is 3.27. The van der Waals surface area contributed by atoms with Gasteiger partial charge in [0.15, 0.2) is 0 Å². The molecule has 1 aliphatic heterocycles. The van der Waals surface area contributed by atoms with Crippen LogP contribution < -0.4 is 4.90 Å². The van der Waals surface area contributed by atoms with E-state index in [9.17, 15) is 9.50 Å². The number of anilines is 1. The Kier molecular flexibility index (Phi) is 4.37. The Morgan fingerprint density at radius 3 is 2.89 bits per heavy atom. The Morgan fingerprint density at radius 1 is 1.18 bits per heavy atom. The molecule has 0 bridgehead atoms. The molecule has 144 valence electrons. The molecule has 4 aromatic rings. The van der Waals surface area contributed by atoms with Gasteiger partial charge in [0.25, 0.3) is 0 Å². The lowest BCUT2D eigenvalue weighted by atomic mass is 10.2. The second-order valence-corrected chi connectivity index (χ2v) is 7.92. The number of hydrogen-bond donors (Lipinski definition) is 1. The number of morpholine rings is 1. The predicted molar refractivity (Wildman–Crippen MR) is 108 cm³/mol. The smallest absolute Gasteiger partial charge is 0.202 e. The molecule has 0 unspecified atom stereocenters. The standard InChI is InChI=1S/C20H19FN4O2S/c21-13-1-2-14-17(11-13)28-18(23-14)4-6-25-12-15-19(20(25)26)16(3-5-22-15)24-7-9-27-10-8-24/h1-3,5,11-12,26H,4,6-10H2. The number of halogens is 1. The fourth-order valence-corrected chi connectivity index (χ4v) is 4.63. The average molecular weight is 398 g/mol. The largest absolute Gasteiger partial charge is 0.494 e. The van der Waals surface area contributed by atoms with E-state index in [0.717, 1.165) is 44.9 Å². The Hall–Kier alpha value is -2.71. The van der Waals surface area contributed by atoms with Crippen LogP contribution in [-0.2, 0) is 17.7 Å². The molecule has 0 aliphatic carbocycles. The fourth-order valence-electron chi connectivity index (χ4n) is 3.65. The minimum Gasteiger partial charge on any atom is -0.494 e. The van der Waals surface area contributed by atoms with Crippen molar-refractivity contribution in [2.75, 3.05) is 31.2 Å². The summed E-state index contributed by atoms with van der Waals surface area (Å²) in [5.74, 6) is -0.0320. The first-order chi connectivity index (χ1) is 13.7. The Morgan fingerprint density at radius 2 is 2.04 bits per heavy atom. The van der Waals surface area contributed by atoms with E-state index in [1.54, 1.807) is 12.3 Å². The maximum atomic E-state index is 13.4. The monoisotopic (exact) mass is 398 g/mol. The summed E-state index contributed by atoms with van der Waals surface area (Å²) in [6, 6.07) is 6.58. The molecule has 8 heteroatoms. The minimum atomic E-state index is -0.251. The van der Waals surface area contributed by atoms with Crippen molar-refractivity contribution in [3.05, 3.63) is 47.5 Å². The van der Waals surface area contributed by atoms with E-state index in [1.807, 2.05) is 16.8 Å². The van der Waals surface area contributed by atoms with Crippen LogP contribution in [0.25, 0.3) is 21.1 Å². The van der Waals surface area contributed by atoms with E-state index >= 15 is 0 Å². The normalized spacial score (nSPS) is 15.0. The molecule has 1 aliphatic rings. The number of aromatic hydroxyl groups is 1. The molecular weight excluding hydrogens is 379 g/mol. The summed E-state index contributed by atoms with van der Waals surface area (Å²) in [6.45, 7) is 3.54. The number of benzene rings is 1. The molecule has 1 N–H and O–H groups in total. The molecule has 0 amide bonds. The SMILES string of the molecule is Oc1c2c(N3CCOCC3)ccnc2cn1CCc1nc2ccc(F)cc2s1. The molecule has 0 spiro atoms. The van der Waals surface area contributed by atoms with Crippen LogP contribution in [0.15, 0.2) is 36.7 Å². The fraction of sp³-hybridized carbons (Fsp3) is 0.300. The molecular formula is C20H19FN4O2S. The van der Waals surface area contributed by atoms with Crippen molar-refractivity contribution in [2.45, 2.75) is 13.0 Å².